The van der Waals surface area contributed by atoms with Gasteiger partial charge in [0.2, 0.25) is 15.9 Å². The summed E-state index contributed by atoms with van der Waals surface area (Å²) in [6, 6.07) is 10.6. The minimum Gasteiger partial charge on any atom is -0.455 e. The number of ether oxygens (including phenoxy) is 1. The molecule has 0 saturated heterocycles. The summed E-state index contributed by atoms with van der Waals surface area (Å²) in [5.41, 5.74) is -0.623. The van der Waals surface area contributed by atoms with Gasteiger partial charge in [0.25, 0.3) is 5.69 Å². The van der Waals surface area contributed by atoms with E-state index >= 15 is 0 Å². The Kier molecular flexibility index (Phi) is 9.50. The van der Waals surface area contributed by atoms with E-state index in [0.717, 1.165) is 24.8 Å². The van der Waals surface area contributed by atoms with Crippen molar-refractivity contribution in [1.29, 1.82) is 0 Å². The molecule has 2 rings (SSSR count). The minimum atomic E-state index is -3.71. The number of sulfonamides is 1. The summed E-state index contributed by atoms with van der Waals surface area (Å²) in [4.78, 5) is 22.9. The average Bonchev–Trinajstić information content (AvgIpc) is 2.63. The van der Waals surface area contributed by atoms with Crippen LogP contribution in [0, 0.1) is 10.1 Å². The van der Waals surface area contributed by atoms with E-state index in [1.807, 2.05) is 6.92 Å². The van der Waals surface area contributed by atoms with Gasteiger partial charge in [0.1, 0.15) is 11.4 Å². The third kappa shape index (κ3) is 7.85. The molecular formula is C18H23ClN4O6S. The Morgan fingerprint density at radius 3 is 2.40 bits per heavy atom. The van der Waals surface area contributed by atoms with Crippen LogP contribution in [0.2, 0.25) is 0 Å². The molecule has 0 atom stereocenters. The van der Waals surface area contributed by atoms with Crippen LogP contribution in [-0.2, 0) is 14.8 Å². The summed E-state index contributed by atoms with van der Waals surface area (Å²) in [5.74, 6) is -0.210. The third-order valence-electron chi connectivity index (χ3n) is 3.55. The number of nitro benzene ring substituents is 1. The molecule has 3 N–H and O–H groups in total. The van der Waals surface area contributed by atoms with Crippen molar-refractivity contribution in [3.8, 4) is 11.5 Å². The Morgan fingerprint density at radius 1 is 1.17 bits per heavy atom. The zero-order chi connectivity index (χ0) is 21.4. The van der Waals surface area contributed by atoms with E-state index in [9.17, 15) is 23.3 Å². The first-order valence-electron chi connectivity index (χ1n) is 8.73. The number of carbonyl (C=O) groups is 1. The van der Waals surface area contributed by atoms with Gasteiger partial charge in [0, 0.05) is 0 Å². The average molecular weight is 459 g/mol. The summed E-state index contributed by atoms with van der Waals surface area (Å²) >= 11 is 0. The highest BCUT2D eigenvalue weighted by atomic mass is 35.5. The van der Waals surface area contributed by atoms with Gasteiger partial charge in [-0.1, -0.05) is 25.1 Å². The Balaban J connectivity index is 0.00000450. The van der Waals surface area contributed by atoms with E-state index in [2.05, 4.69) is 15.4 Å². The second-order valence-corrected chi connectivity index (χ2v) is 7.89. The summed E-state index contributed by atoms with van der Waals surface area (Å²) in [7, 11) is -3.71. The second-order valence-electron chi connectivity index (χ2n) is 6.14. The van der Waals surface area contributed by atoms with Crippen molar-refractivity contribution >= 4 is 45.4 Å². The summed E-state index contributed by atoms with van der Waals surface area (Å²) in [6.07, 6.45) is 1.76. The van der Waals surface area contributed by atoms with E-state index < -0.39 is 26.5 Å². The highest BCUT2D eigenvalue weighted by Gasteiger charge is 2.22. The first kappa shape index (κ1) is 25.1. The maximum atomic E-state index is 12.1. The molecule has 10 nitrogen and oxygen atoms in total. The molecule has 0 bridgehead atoms. The lowest BCUT2D eigenvalue weighted by atomic mass is 10.2. The van der Waals surface area contributed by atoms with E-state index in [1.54, 1.807) is 30.3 Å². The number of rotatable bonds is 10. The number of carbonyl (C=O) groups excluding carboxylic acids is 1. The largest absolute Gasteiger partial charge is 0.455 e. The van der Waals surface area contributed by atoms with E-state index in [4.69, 9.17) is 4.74 Å². The van der Waals surface area contributed by atoms with Crippen LogP contribution >= 0.6 is 12.4 Å². The van der Waals surface area contributed by atoms with Crippen LogP contribution in [0.15, 0.2) is 42.5 Å². The van der Waals surface area contributed by atoms with Gasteiger partial charge in [0.05, 0.1) is 29.5 Å². The van der Waals surface area contributed by atoms with Crippen molar-refractivity contribution < 1.29 is 22.9 Å². The zero-order valence-corrected chi connectivity index (χ0v) is 18.0. The molecule has 0 aliphatic heterocycles. The molecule has 30 heavy (non-hydrogen) atoms. The lowest BCUT2D eigenvalue weighted by molar-refractivity contribution is -0.384. The molecule has 12 heteroatoms. The molecule has 0 spiro atoms. The van der Waals surface area contributed by atoms with Crippen molar-refractivity contribution in [2.24, 2.45) is 0 Å². The van der Waals surface area contributed by atoms with Gasteiger partial charge in [-0.15, -0.1) is 12.4 Å². The Labute approximate surface area is 180 Å². The molecule has 2 aromatic rings. The summed E-state index contributed by atoms with van der Waals surface area (Å²) in [5, 5.41) is 16.8. The van der Waals surface area contributed by atoms with Crippen LogP contribution in [-0.4, -0.2) is 38.6 Å². The van der Waals surface area contributed by atoms with Crippen molar-refractivity contribution in [2.75, 3.05) is 29.4 Å². The lowest BCUT2D eigenvalue weighted by Crippen LogP contribution is -2.28. The number of benzene rings is 2. The Hall–Kier alpha value is -2.89. The number of nitrogens with one attached hydrogen (secondary N) is 3. The standard InChI is InChI=1S/C18H22N4O6S.ClH/c1-3-9-19-12-18(23)20-14-10-15(21-29(2,26)27)17(11-16(14)22(24)25)28-13-7-5-4-6-8-13;/h4-8,10-11,19,21H,3,9,12H2,1-2H3,(H,20,23);1H. The van der Waals surface area contributed by atoms with Crippen molar-refractivity contribution in [2.45, 2.75) is 13.3 Å². The number of amides is 1. The van der Waals surface area contributed by atoms with Crippen LogP contribution in [0.4, 0.5) is 17.1 Å². The molecular weight excluding hydrogens is 436 g/mol. The van der Waals surface area contributed by atoms with Gasteiger partial charge < -0.3 is 15.4 Å². The van der Waals surface area contributed by atoms with Gasteiger partial charge in [0.15, 0.2) is 5.75 Å². The maximum absolute atomic E-state index is 12.1. The molecule has 1 amide bonds. The van der Waals surface area contributed by atoms with E-state index in [-0.39, 0.29) is 36.1 Å². The van der Waals surface area contributed by atoms with Crippen molar-refractivity contribution in [1.82, 2.24) is 5.32 Å². The quantitative estimate of drug-likeness (QED) is 0.282. The SMILES string of the molecule is CCCNCC(=O)Nc1cc(NS(C)(=O)=O)c(Oc2ccccc2)cc1[N+](=O)[O-].Cl. The van der Waals surface area contributed by atoms with E-state index in [0.29, 0.717) is 12.3 Å². The molecule has 164 valence electrons. The zero-order valence-electron chi connectivity index (χ0n) is 16.4. The Morgan fingerprint density at radius 2 is 1.83 bits per heavy atom. The fraction of sp³-hybridized carbons (Fsp3) is 0.278. The number of hydrogen-bond donors (Lipinski definition) is 3. The number of anilines is 2. The summed E-state index contributed by atoms with van der Waals surface area (Å²) in [6.45, 7) is 2.51. The van der Waals surface area contributed by atoms with Crippen LogP contribution in [0.1, 0.15) is 13.3 Å². The predicted octanol–water partition coefficient (Wildman–Crippen LogP) is 3.12. The fourth-order valence-corrected chi connectivity index (χ4v) is 2.93. The summed E-state index contributed by atoms with van der Waals surface area (Å²) < 4.78 is 31.4. The van der Waals surface area contributed by atoms with Gasteiger partial charge >= 0.3 is 0 Å². The van der Waals surface area contributed by atoms with Gasteiger partial charge in [-0.2, -0.15) is 0 Å². The molecule has 0 aromatic heterocycles. The van der Waals surface area contributed by atoms with Crippen molar-refractivity contribution in [3.63, 3.8) is 0 Å². The first-order valence-corrected chi connectivity index (χ1v) is 10.6. The van der Waals surface area contributed by atoms with Crippen LogP contribution in [0.3, 0.4) is 0 Å². The topological polar surface area (TPSA) is 140 Å². The maximum Gasteiger partial charge on any atom is 0.296 e. The third-order valence-corrected chi connectivity index (χ3v) is 4.14. The lowest BCUT2D eigenvalue weighted by Gasteiger charge is -2.15. The van der Waals surface area contributed by atoms with Crippen LogP contribution in [0.25, 0.3) is 0 Å². The Bertz CT molecular complexity index is 986. The monoisotopic (exact) mass is 458 g/mol. The molecule has 0 unspecified atom stereocenters. The molecule has 2 aromatic carbocycles. The predicted molar refractivity (Wildman–Crippen MR) is 117 cm³/mol. The fourth-order valence-electron chi connectivity index (χ4n) is 2.37. The van der Waals surface area contributed by atoms with E-state index in [1.165, 1.54) is 0 Å². The normalized spacial score (nSPS) is 10.6. The minimum absolute atomic E-state index is 0. The smallest absolute Gasteiger partial charge is 0.296 e. The first-order chi connectivity index (χ1) is 13.7. The van der Waals surface area contributed by atoms with Gasteiger partial charge in [-0.3, -0.25) is 19.6 Å². The van der Waals surface area contributed by atoms with Crippen molar-refractivity contribution in [3.05, 3.63) is 52.6 Å². The van der Waals surface area contributed by atoms with Gasteiger partial charge in [-0.05, 0) is 31.2 Å². The highest BCUT2D eigenvalue weighted by Crippen LogP contribution is 2.39. The molecule has 0 aliphatic rings. The van der Waals surface area contributed by atoms with Gasteiger partial charge in [-0.25, -0.2) is 8.42 Å². The second kappa shape index (κ2) is 11.3. The molecule has 0 heterocycles. The van der Waals surface area contributed by atoms with Crippen LogP contribution < -0.4 is 20.1 Å². The number of nitro groups is 1. The molecule has 0 fully saturated rings. The number of nitrogens with zero attached hydrogens (tertiary/aromatic N) is 1. The molecule has 0 aliphatic carbocycles. The molecule has 0 radical (unpaired) electrons. The number of hydrogen-bond acceptors (Lipinski definition) is 7. The van der Waals surface area contributed by atoms with Crippen LogP contribution in [0.5, 0.6) is 11.5 Å². The number of halogens is 1. The number of para-hydroxylation sites is 1. The molecule has 0 saturated carbocycles. The highest BCUT2D eigenvalue weighted by molar-refractivity contribution is 7.92.